The fourth-order valence-corrected chi connectivity index (χ4v) is 2.55. The second-order valence-corrected chi connectivity index (χ2v) is 5.40. The van der Waals surface area contributed by atoms with E-state index in [1.807, 2.05) is 0 Å². The van der Waals surface area contributed by atoms with Crippen LogP contribution >= 0.6 is 0 Å². The Hall–Kier alpha value is -0.800. The topological polar surface area (TPSA) is 20.2 Å². The molecule has 1 aromatic heterocycles. The SMILES string of the molecule is CC(C)N1CCC(NCc2cccn2C)CC1. The van der Waals surface area contributed by atoms with Gasteiger partial charge in [0, 0.05) is 37.6 Å². The molecule has 0 saturated carbocycles. The van der Waals surface area contributed by atoms with Crippen LogP contribution < -0.4 is 5.32 Å². The normalized spacial score (nSPS) is 19.1. The Bertz CT molecular complexity index is 335. The largest absolute Gasteiger partial charge is 0.353 e. The highest BCUT2D eigenvalue weighted by Crippen LogP contribution is 2.13. The summed E-state index contributed by atoms with van der Waals surface area (Å²) < 4.78 is 2.19. The molecule has 17 heavy (non-hydrogen) atoms. The van der Waals surface area contributed by atoms with Crippen LogP contribution in [0.25, 0.3) is 0 Å². The van der Waals surface area contributed by atoms with Crippen LogP contribution in [0.2, 0.25) is 0 Å². The van der Waals surface area contributed by atoms with E-state index >= 15 is 0 Å². The van der Waals surface area contributed by atoms with Gasteiger partial charge in [0.1, 0.15) is 0 Å². The van der Waals surface area contributed by atoms with E-state index in [-0.39, 0.29) is 0 Å². The lowest BCUT2D eigenvalue weighted by Crippen LogP contribution is -2.44. The third-order valence-electron chi connectivity index (χ3n) is 3.88. The molecule has 96 valence electrons. The quantitative estimate of drug-likeness (QED) is 0.861. The van der Waals surface area contributed by atoms with Gasteiger partial charge in [0.25, 0.3) is 0 Å². The molecule has 0 amide bonds. The summed E-state index contributed by atoms with van der Waals surface area (Å²) in [5, 5.41) is 3.68. The van der Waals surface area contributed by atoms with Crippen molar-refractivity contribution in [3.8, 4) is 0 Å². The first-order chi connectivity index (χ1) is 8.16. The molecule has 2 heterocycles. The number of hydrogen-bond acceptors (Lipinski definition) is 2. The van der Waals surface area contributed by atoms with E-state index in [4.69, 9.17) is 0 Å². The second-order valence-electron chi connectivity index (χ2n) is 5.40. The molecule has 3 nitrogen and oxygen atoms in total. The van der Waals surface area contributed by atoms with Crippen LogP contribution in [-0.2, 0) is 13.6 Å². The molecule has 2 rings (SSSR count). The van der Waals surface area contributed by atoms with Crippen molar-refractivity contribution in [1.82, 2.24) is 14.8 Å². The molecule has 1 aliphatic rings. The van der Waals surface area contributed by atoms with Gasteiger partial charge >= 0.3 is 0 Å². The minimum absolute atomic E-state index is 0.694. The number of rotatable bonds is 4. The molecule has 0 radical (unpaired) electrons. The maximum atomic E-state index is 3.68. The van der Waals surface area contributed by atoms with Crippen molar-refractivity contribution in [2.75, 3.05) is 13.1 Å². The fraction of sp³-hybridized carbons (Fsp3) is 0.714. The van der Waals surface area contributed by atoms with Crippen molar-refractivity contribution >= 4 is 0 Å². The molecule has 0 bridgehead atoms. The van der Waals surface area contributed by atoms with Gasteiger partial charge in [-0.1, -0.05) is 0 Å². The first-order valence-electron chi connectivity index (χ1n) is 6.74. The summed E-state index contributed by atoms with van der Waals surface area (Å²) in [5.74, 6) is 0. The summed E-state index contributed by atoms with van der Waals surface area (Å²) in [6, 6.07) is 5.69. The average molecular weight is 235 g/mol. The number of nitrogens with one attached hydrogen (secondary N) is 1. The zero-order valence-electron chi connectivity index (χ0n) is 11.3. The summed E-state index contributed by atoms with van der Waals surface area (Å²) in [5.41, 5.74) is 1.37. The number of aromatic nitrogens is 1. The van der Waals surface area contributed by atoms with Crippen LogP contribution in [0.5, 0.6) is 0 Å². The van der Waals surface area contributed by atoms with Gasteiger partial charge in [0.05, 0.1) is 0 Å². The van der Waals surface area contributed by atoms with Crippen molar-refractivity contribution < 1.29 is 0 Å². The predicted octanol–water partition coefficient (Wildman–Crippen LogP) is 1.99. The maximum absolute atomic E-state index is 3.68. The number of likely N-dealkylation sites (tertiary alicyclic amines) is 1. The first-order valence-corrected chi connectivity index (χ1v) is 6.74. The molecule has 3 heteroatoms. The van der Waals surface area contributed by atoms with Crippen LogP contribution in [0.4, 0.5) is 0 Å². The zero-order chi connectivity index (χ0) is 12.3. The molecule has 0 aliphatic carbocycles. The molecule has 1 fully saturated rings. The summed E-state index contributed by atoms with van der Waals surface area (Å²) in [6.07, 6.45) is 4.67. The van der Waals surface area contributed by atoms with Crippen molar-refractivity contribution in [3.63, 3.8) is 0 Å². The molecule has 0 spiro atoms. The van der Waals surface area contributed by atoms with Crippen molar-refractivity contribution in [3.05, 3.63) is 24.0 Å². The van der Waals surface area contributed by atoms with Crippen LogP contribution in [0.3, 0.4) is 0 Å². The summed E-state index contributed by atoms with van der Waals surface area (Å²) >= 11 is 0. The number of nitrogens with zero attached hydrogens (tertiary/aromatic N) is 2. The molecular formula is C14H25N3. The lowest BCUT2D eigenvalue weighted by Gasteiger charge is -2.35. The smallest absolute Gasteiger partial charge is 0.0361 e. The van der Waals surface area contributed by atoms with Gasteiger partial charge < -0.3 is 14.8 Å². The number of hydrogen-bond donors (Lipinski definition) is 1. The molecule has 1 N–H and O–H groups in total. The first kappa shape index (κ1) is 12.7. The Kier molecular flexibility index (Phi) is 4.24. The highest BCUT2D eigenvalue weighted by atomic mass is 15.2. The Balaban J connectivity index is 1.74. The fourth-order valence-electron chi connectivity index (χ4n) is 2.55. The molecular weight excluding hydrogens is 210 g/mol. The lowest BCUT2D eigenvalue weighted by atomic mass is 10.0. The van der Waals surface area contributed by atoms with Crippen LogP contribution in [0.1, 0.15) is 32.4 Å². The van der Waals surface area contributed by atoms with Crippen LogP contribution in [0.15, 0.2) is 18.3 Å². The third-order valence-corrected chi connectivity index (χ3v) is 3.88. The molecule has 0 aromatic carbocycles. The summed E-state index contributed by atoms with van der Waals surface area (Å²) in [4.78, 5) is 2.57. The Labute approximate surface area is 105 Å². The molecule has 0 atom stereocenters. The Morgan fingerprint density at radius 2 is 2.06 bits per heavy atom. The second kappa shape index (κ2) is 5.69. The van der Waals surface area contributed by atoms with E-state index in [2.05, 4.69) is 54.0 Å². The van der Waals surface area contributed by atoms with Gasteiger partial charge in [-0.15, -0.1) is 0 Å². The molecule has 1 aliphatic heterocycles. The van der Waals surface area contributed by atoms with E-state index in [0.717, 1.165) is 6.54 Å². The zero-order valence-corrected chi connectivity index (χ0v) is 11.3. The highest BCUT2D eigenvalue weighted by molar-refractivity contribution is 5.06. The number of aryl methyl sites for hydroxylation is 1. The minimum atomic E-state index is 0.694. The molecule has 1 saturated heterocycles. The van der Waals surface area contributed by atoms with E-state index in [1.165, 1.54) is 31.6 Å². The number of piperidine rings is 1. The van der Waals surface area contributed by atoms with Gasteiger partial charge in [-0.3, -0.25) is 0 Å². The average Bonchev–Trinajstić information content (AvgIpc) is 2.73. The van der Waals surface area contributed by atoms with Crippen LogP contribution in [0, 0.1) is 0 Å². The maximum Gasteiger partial charge on any atom is 0.0361 e. The molecule has 0 unspecified atom stereocenters. The highest BCUT2D eigenvalue weighted by Gasteiger charge is 2.20. The van der Waals surface area contributed by atoms with Gasteiger partial charge in [-0.25, -0.2) is 0 Å². The van der Waals surface area contributed by atoms with Crippen molar-refractivity contribution in [2.45, 2.75) is 45.3 Å². The van der Waals surface area contributed by atoms with Gasteiger partial charge in [-0.2, -0.15) is 0 Å². The standard InChI is InChI=1S/C14H25N3/c1-12(2)17-9-6-13(7-10-17)15-11-14-5-4-8-16(14)3/h4-5,8,12-13,15H,6-7,9-11H2,1-3H3. The third kappa shape index (κ3) is 3.33. The van der Waals surface area contributed by atoms with E-state index in [0.29, 0.717) is 12.1 Å². The van der Waals surface area contributed by atoms with Crippen LogP contribution in [-0.4, -0.2) is 34.6 Å². The summed E-state index contributed by atoms with van der Waals surface area (Å²) in [6.45, 7) is 8.05. The monoisotopic (exact) mass is 235 g/mol. The molecule has 1 aromatic rings. The Morgan fingerprint density at radius 1 is 1.35 bits per heavy atom. The van der Waals surface area contributed by atoms with Crippen molar-refractivity contribution in [2.24, 2.45) is 7.05 Å². The van der Waals surface area contributed by atoms with Crippen molar-refractivity contribution in [1.29, 1.82) is 0 Å². The minimum Gasteiger partial charge on any atom is -0.353 e. The lowest BCUT2D eigenvalue weighted by molar-refractivity contribution is 0.160. The van der Waals surface area contributed by atoms with E-state index in [9.17, 15) is 0 Å². The predicted molar refractivity (Wildman–Crippen MR) is 72.0 cm³/mol. The van der Waals surface area contributed by atoms with E-state index in [1.54, 1.807) is 0 Å². The van der Waals surface area contributed by atoms with Gasteiger partial charge in [-0.05, 0) is 51.9 Å². The van der Waals surface area contributed by atoms with Gasteiger partial charge in [0.15, 0.2) is 0 Å². The van der Waals surface area contributed by atoms with Gasteiger partial charge in [0.2, 0.25) is 0 Å². The summed E-state index contributed by atoms with van der Waals surface area (Å²) in [7, 11) is 2.11. The van der Waals surface area contributed by atoms with E-state index < -0.39 is 0 Å². The Morgan fingerprint density at radius 3 is 2.59 bits per heavy atom.